The van der Waals surface area contributed by atoms with Crippen LogP contribution < -0.4 is 0 Å². The number of carbonyl (C=O) groups is 1. The van der Waals surface area contributed by atoms with Crippen molar-refractivity contribution in [1.29, 1.82) is 5.26 Å². The highest BCUT2D eigenvalue weighted by molar-refractivity contribution is 5.68. The Kier molecular flexibility index (Phi) is 4.27. The lowest BCUT2D eigenvalue weighted by molar-refractivity contribution is -0.144. The van der Waals surface area contributed by atoms with E-state index >= 15 is 0 Å². The van der Waals surface area contributed by atoms with Gasteiger partial charge in [-0.2, -0.15) is 5.26 Å². The third-order valence-electron chi connectivity index (χ3n) is 3.98. The van der Waals surface area contributed by atoms with Gasteiger partial charge in [0.2, 0.25) is 0 Å². The Morgan fingerprint density at radius 1 is 1.36 bits per heavy atom. The van der Waals surface area contributed by atoms with Crippen LogP contribution in [0.5, 0.6) is 0 Å². The zero-order valence-corrected chi connectivity index (χ0v) is 12.2. The zero-order chi connectivity index (χ0) is 15.4. The van der Waals surface area contributed by atoms with Crippen LogP contribution >= 0.6 is 0 Å². The third-order valence-corrected chi connectivity index (χ3v) is 3.98. The summed E-state index contributed by atoms with van der Waals surface area (Å²) in [7, 11) is 0. The van der Waals surface area contributed by atoms with Gasteiger partial charge >= 0.3 is 6.09 Å². The fourth-order valence-corrected chi connectivity index (χ4v) is 2.93. The van der Waals surface area contributed by atoms with Crippen LogP contribution in [0.4, 0.5) is 4.79 Å². The van der Waals surface area contributed by atoms with Crippen molar-refractivity contribution in [3.63, 3.8) is 0 Å². The van der Waals surface area contributed by atoms with E-state index in [4.69, 9.17) is 19.5 Å². The third kappa shape index (κ3) is 3.06. The molecule has 6 heteroatoms. The van der Waals surface area contributed by atoms with E-state index in [1.807, 2.05) is 30.3 Å². The maximum Gasteiger partial charge on any atom is 0.410 e. The maximum absolute atomic E-state index is 12.3. The average Bonchev–Trinajstić information content (AvgIpc) is 3.14. The van der Waals surface area contributed by atoms with Crippen molar-refractivity contribution in [1.82, 2.24) is 4.90 Å². The van der Waals surface area contributed by atoms with E-state index in [1.165, 1.54) is 0 Å². The fourth-order valence-electron chi connectivity index (χ4n) is 2.93. The van der Waals surface area contributed by atoms with Crippen molar-refractivity contribution in [3.8, 4) is 6.07 Å². The first kappa shape index (κ1) is 14.8. The smallest absolute Gasteiger partial charge is 0.410 e. The first-order valence-corrected chi connectivity index (χ1v) is 7.35. The second-order valence-corrected chi connectivity index (χ2v) is 5.50. The lowest BCUT2D eigenvalue weighted by Gasteiger charge is -2.23. The number of hydrogen-bond donors (Lipinski definition) is 0. The van der Waals surface area contributed by atoms with Crippen LogP contribution in [0.1, 0.15) is 18.4 Å². The number of amides is 1. The van der Waals surface area contributed by atoms with Gasteiger partial charge in [-0.05, 0) is 5.56 Å². The number of carbonyl (C=O) groups excluding carboxylic acids is 1. The van der Waals surface area contributed by atoms with Gasteiger partial charge in [0.25, 0.3) is 0 Å². The van der Waals surface area contributed by atoms with Gasteiger partial charge in [-0.1, -0.05) is 30.3 Å². The topological polar surface area (TPSA) is 71.8 Å². The van der Waals surface area contributed by atoms with E-state index in [0.29, 0.717) is 26.2 Å². The molecule has 2 heterocycles. The molecule has 0 radical (unpaired) electrons. The molecule has 1 amide bonds. The minimum absolute atomic E-state index is 0.212. The van der Waals surface area contributed by atoms with Crippen molar-refractivity contribution < 1.29 is 19.0 Å². The number of ether oxygens (including phenoxy) is 3. The van der Waals surface area contributed by atoms with E-state index < -0.39 is 11.9 Å². The summed E-state index contributed by atoms with van der Waals surface area (Å²) in [5.41, 5.74) is 0.926. The van der Waals surface area contributed by atoms with E-state index in [2.05, 4.69) is 6.07 Å². The molecule has 1 aromatic rings. The maximum atomic E-state index is 12.3. The van der Waals surface area contributed by atoms with Crippen molar-refractivity contribution in [3.05, 3.63) is 35.9 Å². The molecular formula is C16H18N2O4. The molecule has 116 valence electrons. The molecule has 0 unspecified atom stereocenters. The van der Waals surface area contributed by atoms with Gasteiger partial charge < -0.3 is 14.2 Å². The molecule has 6 nitrogen and oxygen atoms in total. The SMILES string of the molecule is N#CC[C@H]1CC2(CN1C(=O)OCc1ccccc1)OCCO2. The quantitative estimate of drug-likeness (QED) is 0.854. The standard InChI is InChI=1S/C16H18N2O4/c17-7-6-14-10-16(21-8-9-22-16)12-18(14)15(19)20-11-13-4-2-1-3-5-13/h1-5,14H,6,8-12H2/t14-/m0/s1. The summed E-state index contributed by atoms with van der Waals surface area (Å²) in [6.07, 6.45) is 0.329. The van der Waals surface area contributed by atoms with Crippen molar-refractivity contribution in [2.24, 2.45) is 0 Å². The van der Waals surface area contributed by atoms with Crippen molar-refractivity contribution >= 4 is 6.09 Å². The summed E-state index contributed by atoms with van der Waals surface area (Å²) >= 11 is 0. The predicted molar refractivity (Wildman–Crippen MR) is 76.6 cm³/mol. The Bertz CT molecular complexity index is 563. The Balaban J connectivity index is 1.63. The van der Waals surface area contributed by atoms with Gasteiger partial charge in [-0.15, -0.1) is 0 Å². The highest BCUT2D eigenvalue weighted by Crippen LogP contribution is 2.36. The van der Waals surface area contributed by atoms with Gasteiger partial charge in [0.1, 0.15) is 6.61 Å². The van der Waals surface area contributed by atoms with Crippen LogP contribution in [0.25, 0.3) is 0 Å². The van der Waals surface area contributed by atoms with Crippen LogP contribution in [0.3, 0.4) is 0 Å². The van der Waals surface area contributed by atoms with Gasteiger partial charge in [0.15, 0.2) is 5.79 Å². The van der Waals surface area contributed by atoms with Crippen LogP contribution in [0.2, 0.25) is 0 Å². The van der Waals surface area contributed by atoms with E-state index in [-0.39, 0.29) is 19.1 Å². The number of nitrogens with zero attached hydrogens (tertiary/aromatic N) is 2. The molecule has 0 aromatic heterocycles. The van der Waals surface area contributed by atoms with E-state index in [0.717, 1.165) is 5.56 Å². The molecule has 0 saturated carbocycles. The molecule has 2 saturated heterocycles. The van der Waals surface area contributed by atoms with Gasteiger partial charge in [-0.25, -0.2) is 4.79 Å². The monoisotopic (exact) mass is 302 g/mol. The summed E-state index contributed by atoms with van der Waals surface area (Å²) in [5, 5.41) is 8.95. The Morgan fingerprint density at radius 2 is 2.09 bits per heavy atom. The molecule has 1 spiro atoms. The van der Waals surface area contributed by atoms with Crippen LogP contribution in [-0.2, 0) is 20.8 Å². The Labute approximate surface area is 129 Å². The summed E-state index contributed by atoms with van der Waals surface area (Å²) in [6, 6.07) is 11.4. The minimum atomic E-state index is -0.757. The van der Waals surface area contributed by atoms with Crippen LogP contribution in [0, 0.1) is 11.3 Å². The van der Waals surface area contributed by atoms with Gasteiger partial charge in [0, 0.05) is 6.42 Å². The predicted octanol–water partition coefficient (Wildman–Crippen LogP) is 2.05. The summed E-state index contributed by atoms with van der Waals surface area (Å²) in [6.45, 7) is 1.56. The fraction of sp³-hybridized carbons (Fsp3) is 0.500. The molecule has 2 aliphatic rings. The van der Waals surface area contributed by atoms with E-state index in [1.54, 1.807) is 4.90 Å². The average molecular weight is 302 g/mol. The Hall–Kier alpha value is -2.10. The molecule has 1 aromatic carbocycles. The summed E-state index contributed by atoms with van der Waals surface area (Å²) in [4.78, 5) is 13.9. The lowest BCUT2D eigenvalue weighted by Crippen LogP contribution is -2.39. The molecule has 2 aliphatic heterocycles. The first-order chi connectivity index (χ1) is 10.7. The Morgan fingerprint density at radius 3 is 2.77 bits per heavy atom. The largest absolute Gasteiger partial charge is 0.445 e. The van der Waals surface area contributed by atoms with Gasteiger partial charge in [0.05, 0.1) is 38.3 Å². The molecule has 2 fully saturated rings. The van der Waals surface area contributed by atoms with Crippen molar-refractivity contribution in [2.45, 2.75) is 31.3 Å². The first-order valence-electron chi connectivity index (χ1n) is 7.35. The molecular weight excluding hydrogens is 284 g/mol. The number of nitriles is 1. The van der Waals surface area contributed by atoms with Gasteiger partial charge in [-0.3, -0.25) is 4.90 Å². The number of rotatable bonds is 3. The highest BCUT2D eigenvalue weighted by Gasteiger charge is 2.50. The zero-order valence-electron chi connectivity index (χ0n) is 12.2. The molecule has 0 bridgehead atoms. The van der Waals surface area contributed by atoms with Crippen LogP contribution in [0.15, 0.2) is 30.3 Å². The molecule has 0 aliphatic carbocycles. The molecule has 22 heavy (non-hydrogen) atoms. The lowest BCUT2D eigenvalue weighted by atomic mass is 10.1. The summed E-state index contributed by atoms with van der Waals surface area (Å²) < 4.78 is 16.6. The second kappa shape index (κ2) is 6.34. The summed E-state index contributed by atoms with van der Waals surface area (Å²) in [5.74, 6) is -0.757. The molecule has 1 atom stereocenters. The molecule has 3 rings (SSSR count). The van der Waals surface area contributed by atoms with Crippen LogP contribution in [-0.4, -0.2) is 42.6 Å². The van der Waals surface area contributed by atoms with E-state index in [9.17, 15) is 4.79 Å². The van der Waals surface area contributed by atoms with Crippen molar-refractivity contribution in [2.75, 3.05) is 19.8 Å². The second-order valence-electron chi connectivity index (χ2n) is 5.50. The normalized spacial score (nSPS) is 22.7. The highest BCUT2D eigenvalue weighted by atomic mass is 16.7. The molecule has 0 N–H and O–H groups in total. The number of benzene rings is 1. The number of likely N-dealkylation sites (tertiary alicyclic amines) is 1. The minimum Gasteiger partial charge on any atom is -0.445 e. The number of hydrogen-bond acceptors (Lipinski definition) is 5.